The number of halogens is 3. The summed E-state index contributed by atoms with van der Waals surface area (Å²) in [6.45, 7) is 2.60. The van der Waals surface area contributed by atoms with Gasteiger partial charge in [0.05, 0.1) is 15.6 Å². The molecule has 1 heterocycles. The standard InChI is InChI=1S/C11H12Cl2N2O.ClH/c12-9-3-1-2-8(10(9)13)11(16)15-6-7-4-14-5-7;/h1-3,7,14H,4-6H2,(H,15,16);1H. The number of benzene rings is 1. The normalized spacial score (nSPS) is 14.7. The van der Waals surface area contributed by atoms with E-state index in [1.54, 1.807) is 18.2 Å². The SMILES string of the molecule is Cl.O=C(NCC1CNC1)c1cccc(Cl)c1Cl. The van der Waals surface area contributed by atoms with E-state index in [0.717, 1.165) is 13.1 Å². The third-order valence-corrected chi connectivity index (χ3v) is 3.43. The Morgan fingerprint density at radius 3 is 2.71 bits per heavy atom. The van der Waals surface area contributed by atoms with Crippen molar-refractivity contribution < 1.29 is 4.79 Å². The summed E-state index contributed by atoms with van der Waals surface area (Å²) in [5.41, 5.74) is 0.432. The van der Waals surface area contributed by atoms with Gasteiger partial charge in [0.25, 0.3) is 5.91 Å². The molecule has 17 heavy (non-hydrogen) atoms. The number of hydrogen-bond donors (Lipinski definition) is 2. The molecule has 0 bridgehead atoms. The van der Waals surface area contributed by atoms with Crippen LogP contribution in [0.3, 0.4) is 0 Å². The summed E-state index contributed by atoms with van der Waals surface area (Å²) in [5, 5.41) is 6.71. The Hall–Kier alpha value is -0.480. The van der Waals surface area contributed by atoms with Crippen LogP contribution in [0.5, 0.6) is 0 Å². The van der Waals surface area contributed by atoms with E-state index >= 15 is 0 Å². The first-order valence-corrected chi connectivity index (χ1v) is 5.87. The van der Waals surface area contributed by atoms with Crippen molar-refractivity contribution in [1.29, 1.82) is 0 Å². The molecule has 1 aromatic rings. The molecule has 0 aromatic heterocycles. The fourth-order valence-electron chi connectivity index (χ4n) is 1.50. The average Bonchev–Trinajstić information content (AvgIpc) is 2.19. The quantitative estimate of drug-likeness (QED) is 0.899. The molecule has 0 radical (unpaired) electrons. The summed E-state index contributed by atoms with van der Waals surface area (Å²) >= 11 is 11.8. The van der Waals surface area contributed by atoms with E-state index in [1.165, 1.54) is 0 Å². The lowest BCUT2D eigenvalue weighted by Gasteiger charge is -2.27. The van der Waals surface area contributed by atoms with Crippen molar-refractivity contribution in [2.24, 2.45) is 5.92 Å². The maximum absolute atomic E-state index is 11.8. The van der Waals surface area contributed by atoms with Crippen LogP contribution in [-0.4, -0.2) is 25.5 Å². The van der Waals surface area contributed by atoms with Crippen LogP contribution >= 0.6 is 35.6 Å². The van der Waals surface area contributed by atoms with Crippen molar-refractivity contribution >= 4 is 41.5 Å². The summed E-state index contributed by atoms with van der Waals surface area (Å²) in [5.74, 6) is 0.362. The average molecular weight is 296 g/mol. The summed E-state index contributed by atoms with van der Waals surface area (Å²) in [4.78, 5) is 11.8. The van der Waals surface area contributed by atoms with E-state index < -0.39 is 0 Å². The molecule has 0 aliphatic carbocycles. The molecule has 2 N–H and O–H groups in total. The van der Waals surface area contributed by atoms with Crippen molar-refractivity contribution in [3.05, 3.63) is 33.8 Å². The van der Waals surface area contributed by atoms with Crippen LogP contribution in [0.15, 0.2) is 18.2 Å². The predicted molar refractivity (Wildman–Crippen MR) is 72.4 cm³/mol. The van der Waals surface area contributed by atoms with E-state index in [1.807, 2.05) is 0 Å². The minimum atomic E-state index is -0.167. The molecule has 0 spiro atoms. The summed E-state index contributed by atoms with van der Waals surface area (Å²) in [6.07, 6.45) is 0. The van der Waals surface area contributed by atoms with Gasteiger partial charge in [-0.3, -0.25) is 4.79 Å². The summed E-state index contributed by atoms with van der Waals surface area (Å²) < 4.78 is 0. The lowest BCUT2D eigenvalue weighted by molar-refractivity contribution is 0.0942. The molecular weight excluding hydrogens is 282 g/mol. The van der Waals surface area contributed by atoms with Crippen molar-refractivity contribution in [2.45, 2.75) is 0 Å². The van der Waals surface area contributed by atoms with E-state index in [2.05, 4.69) is 10.6 Å². The van der Waals surface area contributed by atoms with Crippen molar-refractivity contribution in [2.75, 3.05) is 19.6 Å². The van der Waals surface area contributed by atoms with Gasteiger partial charge in [-0.2, -0.15) is 0 Å². The molecule has 1 saturated heterocycles. The van der Waals surface area contributed by atoms with E-state index in [0.29, 0.717) is 28.1 Å². The van der Waals surface area contributed by atoms with Crippen LogP contribution < -0.4 is 10.6 Å². The maximum atomic E-state index is 11.8. The van der Waals surface area contributed by atoms with Gasteiger partial charge < -0.3 is 10.6 Å². The summed E-state index contributed by atoms with van der Waals surface area (Å²) in [6, 6.07) is 5.05. The Bertz CT molecular complexity index is 408. The number of nitrogens with one attached hydrogen (secondary N) is 2. The number of hydrogen-bond acceptors (Lipinski definition) is 2. The second-order valence-electron chi connectivity index (χ2n) is 3.84. The number of rotatable bonds is 3. The molecule has 1 amide bonds. The van der Waals surface area contributed by atoms with Crippen LogP contribution in [0.2, 0.25) is 10.0 Å². The van der Waals surface area contributed by atoms with Crippen molar-refractivity contribution in [1.82, 2.24) is 10.6 Å². The van der Waals surface area contributed by atoms with Gasteiger partial charge in [-0.25, -0.2) is 0 Å². The number of carbonyl (C=O) groups excluding carboxylic acids is 1. The molecular formula is C11H13Cl3N2O. The van der Waals surface area contributed by atoms with Crippen LogP contribution in [0.25, 0.3) is 0 Å². The Kier molecular flexibility index (Phi) is 5.53. The van der Waals surface area contributed by atoms with E-state index in [9.17, 15) is 4.79 Å². The molecule has 1 aliphatic rings. The third kappa shape index (κ3) is 3.49. The Morgan fingerprint density at radius 1 is 1.41 bits per heavy atom. The number of amides is 1. The van der Waals surface area contributed by atoms with Gasteiger partial charge >= 0.3 is 0 Å². The topological polar surface area (TPSA) is 41.1 Å². The third-order valence-electron chi connectivity index (χ3n) is 2.61. The molecule has 3 nitrogen and oxygen atoms in total. The molecule has 1 aromatic carbocycles. The monoisotopic (exact) mass is 294 g/mol. The van der Waals surface area contributed by atoms with Crippen molar-refractivity contribution in [3.63, 3.8) is 0 Å². The molecule has 6 heteroatoms. The largest absolute Gasteiger partial charge is 0.352 e. The fraction of sp³-hybridized carbons (Fsp3) is 0.364. The van der Waals surface area contributed by atoms with Gasteiger partial charge in [0, 0.05) is 25.6 Å². The molecule has 1 fully saturated rings. The highest BCUT2D eigenvalue weighted by Gasteiger charge is 2.18. The van der Waals surface area contributed by atoms with Gasteiger partial charge in [-0.15, -0.1) is 12.4 Å². The minimum Gasteiger partial charge on any atom is -0.352 e. The predicted octanol–water partition coefficient (Wildman–Crippen LogP) is 2.36. The Morgan fingerprint density at radius 2 is 2.12 bits per heavy atom. The lowest BCUT2D eigenvalue weighted by Crippen LogP contribution is -2.48. The minimum absolute atomic E-state index is 0. The zero-order chi connectivity index (χ0) is 11.5. The Balaban J connectivity index is 0.00000144. The fourth-order valence-corrected chi connectivity index (χ4v) is 1.89. The highest BCUT2D eigenvalue weighted by Crippen LogP contribution is 2.25. The van der Waals surface area contributed by atoms with Crippen LogP contribution in [0, 0.1) is 5.92 Å². The van der Waals surface area contributed by atoms with Crippen LogP contribution in [0.4, 0.5) is 0 Å². The first-order valence-electron chi connectivity index (χ1n) is 5.11. The zero-order valence-corrected chi connectivity index (χ0v) is 11.3. The second kappa shape index (κ2) is 6.45. The van der Waals surface area contributed by atoms with Gasteiger partial charge in [0.15, 0.2) is 0 Å². The maximum Gasteiger partial charge on any atom is 0.252 e. The molecule has 94 valence electrons. The second-order valence-corrected chi connectivity index (χ2v) is 4.62. The highest BCUT2D eigenvalue weighted by molar-refractivity contribution is 6.43. The highest BCUT2D eigenvalue weighted by atomic mass is 35.5. The first kappa shape index (κ1) is 14.6. The number of carbonyl (C=O) groups is 1. The summed E-state index contributed by atoms with van der Waals surface area (Å²) in [7, 11) is 0. The van der Waals surface area contributed by atoms with Gasteiger partial charge in [0.2, 0.25) is 0 Å². The smallest absolute Gasteiger partial charge is 0.252 e. The first-order chi connectivity index (χ1) is 7.68. The van der Waals surface area contributed by atoms with Crippen molar-refractivity contribution in [3.8, 4) is 0 Å². The van der Waals surface area contributed by atoms with Gasteiger partial charge in [-0.1, -0.05) is 29.3 Å². The van der Waals surface area contributed by atoms with Gasteiger partial charge in [-0.05, 0) is 12.1 Å². The van der Waals surface area contributed by atoms with Crippen LogP contribution in [0.1, 0.15) is 10.4 Å². The molecule has 0 unspecified atom stereocenters. The molecule has 2 rings (SSSR count). The van der Waals surface area contributed by atoms with Gasteiger partial charge in [0.1, 0.15) is 0 Å². The Labute approximate surface area is 116 Å². The molecule has 0 saturated carbocycles. The van der Waals surface area contributed by atoms with E-state index in [-0.39, 0.29) is 18.3 Å². The van der Waals surface area contributed by atoms with E-state index in [4.69, 9.17) is 23.2 Å². The lowest BCUT2D eigenvalue weighted by atomic mass is 10.0. The molecule has 0 atom stereocenters. The van der Waals surface area contributed by atoms with Crippen LogP contribution in [-0.2, 0) is 0 Å². The zero-order valence-electron chi connectivity index (χ0n) is 9.00. The molecule has 1 aliphatic heterocycles.